The number of nitrogens with two attached hydrogens (primary N) is 1. The van der Waals surface area contributed by atoms with E-state index in [-0.39, 0.29) is 24.8 Å². The molecule has 0 radical (unpaired) electrons. The van der Waals surface area contributed by atoms with Gasteiger partial charge in [-0.2, -0.15) is 0 Å². The van der Waals surface area contributed by atoms with Crippen molar-refractivity contribution in [3.8, 4) is 0 Å². The summed E-state index contributed by atoms with van der Waals surface area (Å²) < 4.78 is 18.7. The number of halogens is 1. The highest BCUT2D eigenvalue weighted by Gasteiger charge is 2.11. The van der Waals surface area contributed by atoms with E-state index in [1.807, 2.05) is 0 Å². The number of aryl methyl sites for hydroxylation is 1. The maximum absolute atomic E-state index is 13.7. The van der Waals surface area contributed by atoms with Crippen molar-refractivity contribution in [3.63, 3.8) is 0 Å². The summed E-state index contributed by atoms with van der Waals surface area (Å²) in [5.41, 5.74) is 7.03. The Morgan fingerprint density at radius 3 is 2.79 bits per heavy atom. The van der Waals surface area contributed by atoms with Crippen LogP contribution in [0, 0.1) is 12.7 Å². The van der Waals surface area contributed by atoms with E-state index in [0.717, 1.165) is 5.56 Å². The Morgan fingerprint density at radius 1 is 1.42 bits per heavy atom. The molecule has 19 heavy (non-hydrogen) atoms. The number of carbonyl (C=O) groups is 1. The first kappa shape index (κ1) is 13.3. The number of rotatable bonds is 4. The van der Waals surface area contributed by atoms with Gasteiger partial charge in [-0.05, 0) is 24.6 Å². The second-order valence-electron chi connectivity index (χ2n) is 4.20. The third-order valence-corrected chi connectivity index (χ3v) is 2.90. The number of nitrogens with one attached hydrogen (secondary N) is 1. The van der Waals surface area contributed by atoms with Crippen LogP contribution in [-0.2, 0) is 13.1 Å². The van der Waals surface area contributed by atoms with E-state index in [4.69, 9.17) is 10.2 Å². The van der Waals surface area contributed by atoms with Crippen LogP contribution in [0.5, 0.6) is 0 Å². The Kier molecular flexibility index (Phi) is 3.97. The molecule has 0 bridgehead atoms. The van der Waals surface area contributed by atoms with Crippen molar-refractivity contribution in [2.45, 2.75) is 20.0 Å². The van der Waals surface area contributed by atoms with Crippen LogP contribution in [-0.4, -0.2) is 5.91 Å². The summed E-state index contributed by atoms with van der Waals surface area (Å²) in [6.45, 7) is 2.11. The fourth-order valence-electron chi connectivity index (χ4n) is 1.75. The maximum atomic E-state index is 13.7. The summed E-state index contributed by atoms with van der Waals surface area (Å²) in [6.07, 6.45) is 1.45. The lowest BCUT2D eigenvalue weighted by molar-refractivity contribution is 0.0949. The van der Waals surface area contributed by atoms with Crippen molar-refractivity contribution in [2.24, 2.45) is 5.73 Å². The van der Waals surface area contributed by atoms with E-state index < -0.39 is 0 Å². The monoisotopic (exact) mass is 262 g/mol. The maximum Gasteiger partial charge on any atom is 0.255 e. The highest BCUT2D eigenvalue weighted by Crippen LogP contribution is 2.12. The largest absolute Gasteiger partial charge is 0.469 e. The van der Waals surface area contributed by atoms with Gasteiger partial charge in [-0.15, -0.1) is 0 Å². The average Bonchev–Trinajstić information content (AvgIpc) is 2.83. The highest BCUT2D eigenvalue weighted by atomic mass is 19.1. The third kappa shape index (κ3) is 3.00. The van der Waals surface area contributed by atoms with E-state index in [9.17, 15) is 9.18 Å². The summed E-state index contributed by atoms with van der Waals surface area (Å²) in [5.74, 6) is -0.114. The van der Waals surface area contributed by atoms with Gasteiger partial charge in [-0.1, -0.05) is 12.1 Å². The van der Waals surface area contributed by atoms with Gasteiger partial charge in [0.2, 0.25) is 0 Å². The quantitative estimate of drug-likeness (QED) is 0.886. The Balaban J connectivity index is 2.03. The van der Waals surface area contributed by atoms with Crippen LogP contribution in [0.25, 0.3) is 0 Å². The molecule has 3 N–H and O–H groups in total. The Labute approximate surface area is 110 Å². The molecule has 0 aliphatic carbocycles. The van der Waals surface area contributed by atoms with Crippen molar-refractivity contribution < 1.29 is 13.6 Å². The molecule has 2 aromatic rings. The van der Waals surface area contributed by atoms with E-state index in [2.05, 4.69) is 5.32 Å². The second kappa shape index (κ2) is 5.67. The standard InChI is InChI=1S/C14H15FN2O2/c1-9-12(4-5-19-9)14(18)17-8-11-3-2-10(7-16)6-13(11)15/h2-6H,7-8,16H2,1H3,(H,17,18). The molecule has 4 nitrogen and oxygen atoms in total. The predicted octanol–water partition coefficient (Wildman–Crippen LogP) is 2.12. The predicted molar refractivity (Wildman–Crippen MR) is 68.9 cm³/mol. The molecule has 1 aromatic heterocycles. The van der Waals surface area contributed by atoms with Crippen LogP contribution in [0.4, 0.5) is 4.39 Å². The van der Waals surface area contributed by atoms with E-state index in [1.165, 1.54) is 12.3 Å². The van der Waals surface area contributed by atoms with E-state index >= 15 is 0 Å². The summed E-state index contributed by atoms with van der Waals surface area (Å²) in [4.78, 5) is 11.8. The Morgan fingerprint density at radius 2 is 2.21 bits per heavy atom. The molecule has 1 aromatic carbocycles. The molecule has 0 atom stereocenters. The summed E-state index contributed by atoms with van der Waals surface area (Å²) in [7, 11) is 0. The number of amides is 1. The van der Waals surface area contributed by atoms with Crippen molar-refractivity contribution in [1.82, 2.24) is 5.32 Å². The van der Waals surface area contributed by atoms with Crippen LogP contribution in [0.2, 0.25) is 0 Å². The number of hydrogen-bond acceptors (Lipinski definition) is 3. The molecule has 1 heterocycles. The van der Waals surface area contributed by atoms with Crippen LogP contribution >= 0.6 is 0 Å². The fraction of sp³-hybridized carbons (Fsp3) is 0.214. The van der Waals surface area contributed by atoms with Gasteiger partial charge in [0, 0.05) is 18.7 Å². The molecule has 0 saturated heterocycles. The van der Waals surface area contributed by atoms with E-state index in [0.29, 0.717) is 16.9 Å². The lowest BCUT2D eigenvalue weighted by atomic mass is 10.1. The first-order valence-corrected chi connectivity index (χ1v) is 5.91. The number of carbonyl (C=O) groups excluding carboxylic acids is 1. The molecule has 0 spiro atoms. The Bertz CT molecular complexity index is 593. The van der Waals surface area contributed by atoms with Gasteiger partial charge < -0.3 is 15.5 Å². The summed E-state index contributed by atoms with van der Waals surface area (Å²) in [5, 5.41) is 2.65. The van der Waals surface area contributed by atoms with Gasteiger partial charge in [-0.25, -0.2) is 4.39 Å². The van der Waals surface area contributed by atoms with Gasteiger partial charge in [0.1, 0.15) is 11.6 Å². The van der Waals surface area contributed by atoms with Crippen LogP contribution in [0.15, 0.2) is 34.9 Å². The summed E-state index contributed by atoms with van der Waals surface area (Å²) >= 11 is 0. The normalized spacial score (nSPS) is 10.5. The molecule has 0 fully saturated rings. The number of furan rings is 1. The minimum Gasteiger partial charge on any atom is -0.469 e. The lowest BCUT2D eigenvalue weighted by Gasteiger charge is -2.07. The van der Waals surface area contributed by atoms with Crippen molar-refractivity contribution in [1.29, 1.82) is 0 Å². The molecule has 5 heteroatoms. The van der Waals surface area contributed by atoms with Crippen molar-refractivity contribution in [2.75, 3.05) is 0 Å². The van der Waals surface area contributed by atoms with Gasteiger partial charge >= 0.3 is 0 Å². The number of benzene rings is 1. The zero-order valence-electron chi connectivity index (χ0n) is 10.6. The molecule has 0 unspecified atom stereocenters. The SMILES string of the molecule is Cc1occc1C(=O)NCc1ccc(CN)cc1F. The minimum absolute atomic E-state index is 0.125. The van der Waals surface area contributed by atoms with E-state index in [1.54, 1.807) is 25.1 Å². The van der Waals surface area contributed by atoms with Gasteiger partial charge in [0.05, 0.1) is 11.8 Å². The van der Waals surface area contributed by atoms with Crippen molar-refractivity contribution in [3.05, 3.63) is 58.8 Å². The summed E-state index contributed by atoms with van der Waals surface area (Å²) in [6, 6.07) is 6.33. The lowest BCUT2D eigenvalue weighted by Crippen LogP contribution is -2.23. The first-order valence-electron chi connectivity index (χ1n) is 5.91. The van der Waals surface area contributed by atoms with Gasteiger partial charge in [0.25, 0.3) is 5.91 Å². The highest BCUT2D eigenvalue weighted by molar-refractivity contribution is 5.94. The van der Waals surface area contributed by atoms with Gasteiger partial charge in [-0.3, -0.25) is 4.79 Å². The smallest absolute Gasteiger partial charge is 0.255 e. The third-order valence-electron chi connectivity index (χ3n) is 2.90. The Hall–Kier alpha value is -2.14. The van der Waals surface area contributed by atoms with Crippen LogP contribution in [0.3, 0.4) is 0 Å². The minimum atomic E-state index is -0.368. The number of hydrogen-bond donors (Lipinski definition) is 2. The van der Waals surface area contributed by atoms with Gasteiger partial charge in [0.15, 0.2) is 0 Å². The molecule has 2 rings (SSSR count). The molecular weight excluding hydrogens is 247 g/mol. The molecule has 0 aliphatic rings. The fourth-order valence-corrected chi connectivity index (χ4v) is 1.75. The molecular formula is C14H15FN2O2. The van der Waals surface area contributed by atoms with Crippen LogP contribution in [0.1, 0.15) is 27.2 Å². The zero-order valence-corrected chi connectivity index (χ0v) is 10.6. The first-order chi connectivity index (χ1) is 9.11. The average molecular weight is 262 g/mol. The topological polar surface area (TPSA) is 68.3 Å². The van der Waals surface area contributed by atoms with Crippen LogP contribution < -0.4 is 11.1 Å². The van der Waals surface area contributed by atoms with Crippen molar-refractivity contribution >= 4 is 5.91 Å². The zero-order chi connectivity index (χ0) is 13.8. The molecule has 1 amide bonds. The molecule has 100 valence electrons. The molecule has 0 aliphatic heterocycles. The second-order valence-corrected chi connectivity index (χ2v) is 4.20. The molecule has 0 saturated carbocycles.